The predicted octanol–water partition coefficient (Wildman–Crippen LogP) is 0.641. The van der Waals surface area contributed by atoms with Gasteiger partial charge in [-0.3, -0.25) is 9.80 Å². The van der Waals surface area contributed by atoms with E-state index in [1.807, 2.05) is 12.1 Å². The molecule has 1 aromatic carbocycles. The monoisotopic (exact) mass is 323 g/mol. The molecule has 1 unspecified atom stereocenters. The third kappa shape index (κ3) is 4.88. The molecule has 3 rings (SSSR count). The summed E-state index contributed by atoms with van der Waals surface area (Å²) in [6.07, 6.45) is -0.314. The topological polar surface area (TPSA) is 39.2 Å². The Morgan fingerprint density at radius 3 is 2.09 bits per heavy atom. The molecule has 0 saturated carbocycles. The van der Waals surface area contributed by atoms with Gasteiger partial charge in [0.2, 0.25) is 0 Å². The van der Waals surface area contributed by atoms with E-state index in [4.69, 9.17) is 4.74 Å². The maximum absolute atomic E-state index is 13.0. The van der Waals surface area contributed by atoms with Crippen LogP contribution in [0.5, 0.6) is 0 Å². The highest BCUT2D eigenvalue weighted by Crippen LogP contribution is 2.17. The summed E-state index contributed by atoms with van der Waals surface area (Å²) in [5.74, 6) is -0.196. The van der Waals surface area contributed by atoms with E-state index in [9.17, 15) is 9.50 Å². The first-order valence-corrected chi connectivity index (χ1v) is 8.42. The molecule has 1 atom stereocenters. The first kappa shape index (κ1) is 16.6. The second kappa shape index (κ2) is 8.06. The fourth-order valence-corrected chi connectivity index (χ4v) is 3.28. The van der Waals surface area contributed by atoms with Crippen LogP contribution in [0.4, 0.5) is 10.1 Å². The highest BCUT2D eigenvalue weighted by molar-refractivity contribution is 5.46. The Morgan fingerprint density at radius 1 is 0.913 bits per heavy atom. The number of β-amino-alcohol motifs (C(OH)–C–C–N with tert-alkyl or cyclic N) is 1. The quantitative estimate of drug-likeness (QED) is 0.861. The van der Waals surface area contributed by atoms with Crippen LogP contribution in [0.15, 0.2) is 24.3 Å². The van der Waals surface area contributed by atoms with E-state index in [1.165, 1.54) is 12.1 Å². The lowest BCUT2D eigenvalue weighted by Crippen LogP contribution is -2.50. The van der Waals surface area contributed by atoms with Crippen LogP contribution in [-0.2, 0) is 4.74 Å². The molecule has 2 heterocycles. The average Bonchev–Trinajstić information content (AvgIpc) is 2.57. The van der Waals surface area contributed by atoms with E-state index >= 15 is 0 Å². The Labute approximate surface area is 137 Å². The number of hydrogen-bond donors (Lipinski definition) is 1. The third-order valence-corrected chi connectivity index (χ3v) is 4.61. The highest BCUT2D eigenvalue weighted by Gasteiger charge is 2.21. The zero-order chi connectivity index (χ0) is 16.1. The van der Waals surface area contributed by atoms with Gasteiger partial charge in [0, 0.05) is 58.0 Å². The Morgan fingerprint density at radius 2 is 1.48 bits per heavy atom. The largest absolute Gasteiger partial charge is 0.390 e. The molecule has 5 nitrogen and oxygen atoms in total. The molecular formula is C17H26FN3O2. The van der Waals surface area contributed by atoms with Crippen LogP contribution in [0.25, 0.3) is 0 Å². The zero-order valence-corrected chi connectivity index (χ0v) is 13.5. The molecule has 0 bridgehead atoms. The number of aliphatic hydroxyl groups is 1. The molecule has 0 amide bonds. The lowest BCUT2D eigenvalue weighted by Gasteiger charge is -2.37. The summed E-state index contributed by atoms with van der Waals surface area (Å²) in [5.41, 5.74) is 1.07. The van der Waals surface area contributed by atoms with Crippen LogP contribution in [0.1, 0.15) is 0 Å². The van der Waals surface area contributed by atoms with Crippen molar-refractivity contribution in [1.29, 1.82) is 0 Å². The lowest BCUT2D eigenvalue weighted by molar-refractivity contribution is 0.00656. The number of halogens is 1. The molecule has 0 aromatic heterocycles. The Balaban J connectivity index is 1.40. The van der Waals surface area contributed by atoms with Crippen LogP contribution in [0.2, 0.25) is 0 Å². The number of hydrogen-bond acceptors (Lipinski definition) is 5. The number of benzene rings is 1. The van der Waals surface area contributed by atoms with E-state index in [2.05, 4.69) is 14.7 Å². The minimum atomic E-state index is -0.314. The predicted molar refractivity (Wildman–Crippen MR) is 88.3 cm³/mol. The molecule has 0 aliphatic carbocycles. The summed E-state index contributed by atoms with van der Waals surface area (Å²) >= 11 is 0. The molecule has 6 heteroatoms. The number of morpholine rings is 1. The van der Waals surface area contributed by atoms with Crippen molar-refractivity contribution in [3.8, 4) is 0 Å². The summed E-state index contributed by atoms with van der Waals surface area (Å²) in [5, 5.41) is 10.3. The Hall–Kier alpha value is -1.21. The smallest absolute Gasteiger partial charge is 0.123 e. The SMILES string of the molecule is OC(CN1CCOCC1)CN1CCN(c2ccc(F)cc2)CC1. The summed E-state index contributed by atoms with van der Waals surface area (Å²) in [6, 6.07) is 6.68. The van der Waals surface area contributed by atoms with Crippen molar-refractivity contribution in [1.82, 2.24) is 9.80 Å². The van der Waals surface area contributed by atoms with Crippen molar-refractivity contribution in [3.63, 3.8) is 0 Å². The summed E-state index contributed by atoms with van der Waals surface area (Å²) < 4.78 is 18.3. The average molecular weight is 323 g/mol. The van der Waals surface area contributed by atoms with E-state index < -0.39 is 0 Å². The minimum Gasteiger partial charge on any atom is -0.390 e. The van der Waals surface area contributed by atoms with Crippen molar-refractivity contribution in [2.45, 2.75) is 6.10 Å². The number of piperazine rings is 1. The van der Waals surface area contributed by atoms with Crippen LogP contribution in [-0.4, -0.2) is 86.6 Å². The van der Waals surface area contributed by atoms with Gasteiger partial charge in [-0.1, -0.05) is 0 Å². The summed E-state index contributed by atoms with van der Waals surface area (Å²) in [4.78, 5) is 6.85. The van der Waals surface area contributed by atoms with Gasteiger partial charge < -0.3 is 14.7 Å². The minimum absolute atomic E-state index is 0.196. The third-order valence-electron chi connectivity index (χ3n) is 4.61. The number of anilines is 1. The van der Waals surface area contributed by atoms with Gasteiger partial charge in [0.1, 0.15) is 5.82 Å². The highest BCUT2D eigenvalue weighted by atomic mass is 19.1. The number of ether oxygens (including phenoxy) is 1. The van der Waals surface area contributed by atoms with Crippen molar-refractivity contribution in [2.75, 3.05) is 70.5 Å². The fraction of sp³-hybridized carbons (Fsp3) is 0.647. The summed E-state index contributed by atoms with van der Waals surface area (Å²) in [7, 11) is 0. The molecule has 1 aromatic rings. The molecule has 0 radical (unpaired) electrons. The first-order chi connectivity index (χ1) is 11.2. The van der Waals surface area contributed by atoms with Crippen molar-refractivity contribution < 1.29 is 14.2 Å². The van der Waals surface area contributed by atoms with E-state index in [0.717, 1.165) is 64.7 Å². The molecule has 2 aliphatic heterocycles. The van der Waals surface area contributed by atoms with Crippen molar-refractivity contribution >= 4 is 5.69 Å². The lowest BCUT2D eigenvalue weighted by atomic mass is 10.2. The Kier molecular flexibility index (Phi) is 5.83. The fourth-order valence-electron chi connectivity index (χ4n) is 3.28. The van der Waals surface area contributed by atoms with Gasteiger partial charge in [0.15, 0.2) is 0 Å². The zero-order valence-electron chi connectivity index (χ0n) is 13.5. The molecule has 23 heavy (non-hydrogen) atoms. The standard InChI is InChI=1S/C17H26FN3O2/c18-15-1-3-16(4-2-15)21-7-5-19(6-8-21)13-17(22)14-20-9-11-23-12-10-20/h1-4,17,22H,5-14H2. The van der Waals surface area contributed by atoms with E-state index in [1.54, 1.807) is 0 Å². The number of rotatable bonds is 5. The molecular weight excluding hydrogens is 297 g/mol. The van der Waals surface area contributed by atoms with E-state index in [-0.39, 0.29) is 11.9 Å². The summed E-state index contributed by atoms with van der Waals surface area (Å²) in [6.45, 7) is 8.48. The van der Waals surface area contributed by atoms with Gasteiger partial charge in [-0.15, -0.1) is 0 Å². The van der Waals surface area contributed by atoms with Crippen LogP contribution in [0, 0.1) is 5.82 Å². The first-order valence-electron chi connectivity index (χ1n) is 8.42. The molecule has 2 aliphatic rings. The van der Waals surface area contributed by atoms with E-state index in [0.29, 0.717) is 6.54 Å². The van der Waals surface area contributed by atoms with Gasteiger partial charge in [-0.2, -0.15) is 0 Å². The van der Waals surface area contributed by atoms with Crippen molar-refractivity contribution in [2.24, 2.45) is 0 Å². The van der Waals surface area contributed by atoms with Gasteiger partial charge in [-0.05, 0) is 24.3 Å². The normalized spacial score (nSPS) is 22.3. The van der Waals surface area contributed by atoms with Crippen LogP contribution < -0.4 is 4.90 Å². The van der Waals surface area contributed by atoms with Crippen molar-refractivity contribution in [3.05, 3.63) is 30.1 Å². The maximum Gasteiger partial charge on any atom is 0.123 e. The molecule has 1 N–H and O–H groups in total. The van der Waals surface area contributed by atoms with Crippen LogP contribution in [0.3, 0.4) is 0 Å². The second-order valence-corrected chi connectivity index (χ2v) is 6.33. The number of nitrogens with zero attached hydrogens (tertiary/aromatic N) is 3. The van der Waals surface area contributed by atoms with Gasteiger partial charge in [0.05, 0.1) is 19.3 Å². The maximum atomic E-state index is 13.0. The molecule has 128 valence electrons. The van der Waals surface area contributed by atoms with Gasteiger partial charge >= 0.3 is 0 Å². The van der Waals surface area contributed by atoms with Gasteiger partial charge in [-0.25, -0.2) is 4.39 Å². The molecule has 0 spiro atoms. The molecule has 2 fully saturated rings. The van der Waals surface area contributed by atoms with Crippen LogP contribution >= 0.6 is 0 Å². The molecule has 2 saturated heterocycles. The Bertz CT molecular complexity index is 471. The number of aliphatic hydroxyl groups excluding tert-OH is 1. The van der Waals surface area contributed by atoms with Gasteiger partial charge in [0.25, 0.3) is 0 Å². The second-order valence-electron chi connectivity index (χ2n) is 6.33.